The second-order valence-corrected chi connectivity index (χ2v) is 4.41. The van der Waals surface area contributed by atoms with E-state index in [0.717, 1.165) is 6.42 Å². The van der Waals surface area contributed by atoms with Gasteiger partial charge in [-0.15, -0.1) is 0 Å². The number of ether oxygens (including phenoxy) is 1. The number of anilines is 1. The van der Waals surface area contributed by atoms with Crippen molar-refractivity contribution in [3.63, 3.8) is 0 Å². The van der Waals surface area contributed by atoms with E-state index in [1.807, 2.05) is 13.0 Å². The Bertz CT molecular complexity index is 537. The number of carboxylic acid groups (broad SMARTS) is 1. The maximum atomic E-state index is 11.8. The van der Waals surface area contributed by atoms with Gasteiger partial charge in [-0.3, -0.25) is 4.79 Å². The Morgan fingerprint density at radius 3 is 2.81 bits per heavy atom. The topological polar surface area (TPSA) is 90.6 Å². The van der Waals surface area contributed by atoms with Gasteiger partial charge in [0.15, 0.2) is 0 Å². The summed E-state index contributed by atoms with van der Waals surface area (Å²) < 4.78 is 5.05. The number of carbonyl (C=O) groups is 2. The summed E-state index contributed by atoms with van der Waals surface area (Å²) >= 11 is 0. The average molecular weight is 290 g/mol. The van der Waals surface area contributed by atoms with E-state index in [9.17, 15) is 9.59 Å². The summed E-state index contributed by atoms with van der Waals surface area (Å²) in [5, 5.41) is 17.6. The summed E-state index contributed by atoms with van der Waals surface area (Å²) in [7, 11) is 0. The number of carboxylic acids is 1. The molecule has 6 heteroatoms. The summed E-state index contributed by atoms with van der Waals surface area (Å²) in [5.41, 5.74) is 1.02. The molecule has 0 aliphatic rings. The lowest BCUT2D eigenvalue weighted by Gasteiger charge is -2.21. The molecule has 0 amide bonds. The van der Waals surface area contributed by atoms with Crippen molar-refractivity contribution in [2.75, 3.05) is 24.6 Å². The highest BCUT2D eigenvalue weighted by Crippen LogP contribution is 2.17. The second kappa shape index (κ2) is 8.59. The zero-order chi connectivity index (χ0) is 15.7. The van der Waals surface area contributed by atoms with E-state index in [1.54, 1.807) is 29.2 Å². The minimum atomic E-state index is -0.934. The molecule has 0 heterocycles. The molecule has 0 radical (unpaired) electrons. The first-order valence-corrected chi connectivity index (χ1v) is 6.69. The minimum Gasteiger partial charge on any atom is -0.481 e. The van der Waals surface area contributed by atoms with Gasteiger partial charge in [-0.05, 0) is 24.6 Å². The molecular formula is C15H18N2O4. The van der Waals surface area contributed by atoms with Crippen LogP contribution in [-0.2, 0) is 9.53 Å². The highest BCUT2D eigenvalue weighted by Gasteiger charge is 2.12. The molecule has 1 rings (SSSR count). The molecule has 1 aromatic rings. The van der Waals surface area contributed by atoms with Gasteiger partial charge in [-0.2, -0.15) is 5.26 Å². The van der Waals surface area contributed by atoms with Crippen molar-refractivity contribution in [3.05, 3.63) is 29.8 Å². The van der Waals surface area contributed by atoms with Crippen LogP contribution >= 0.6 is 0 Å². The SMILES string of the molecule is CCCOC(=O)c1cccc(N(CC#N)CCC(=O)O)c1. The standard InChI is InChI=1S/C15H18N2O4/c1-2-10-21-15(20)12-4-3-5-13(11-12)17(9-7-16)8-6-14(18)19/h3-5,11H,2,6,8-10H2,1H3,(H,18,19). The summed E-state index contributed by atoms with van der Waals surface area (Å²) in [6.45, 7) is 2.52. The number of aliphatic carboxylic acids is 1. The number of hydrogen-bond acceptors (Lipinski definition) is 5. The molecule has 0 atom stereocenters. The van der Waals surface area contributed by atoms with Crippen LogP contribution in [0.2, 0.25) is 0 Å². The van der Waals surface area contributed by atoms with Crippen LogP contribution < -0.4 is 4.90 Å². The first-order chi connectivity index (χ1) is 10.1. The van der Waals surface area contributed by atoms with Crippen molar-refractivity contribution in [2.45, 2.75) is 19.8 Å². The van der Waals surface area contributed by atoms with Crippen LogP contribution in [0.15, 0.2) is 24.3 Å². The molecule has 0 aromatic heterocycles. The molecule has 1 N–H and O–H groups in total. The monoisotopic (exact) mass is 290 g/mol. The molecule has 0 saturated heterocycles. The maximum Gasteiger partial charge on any atom is 0.338 e. The van der Waals surface area contributed by atoms with Gasteiger partial charge in [0.05, 0.1) is 24.7 Å². The van der Waals surface area contributed by atoms with Crippen LogP contribution in [-0.4, -0.2) is 36.7 Å². The van der Waals surface area contributed by atoms with Gasteiger partial charge in [0.25, 0.3) is 0 Å². The van der Waals surface area contributed by atoms with Crippen LogP contribution in [0, 0.1) is 11.3 Å². The smallest absolute Gasteiger partial charge is 0.338 e. The fourth-order valence-corrected chi connectivity index (χ4v) is 1.72. The fourth-order valence-electron chi connectivity index (χ4n) is 1.72. The van der Waals surface area contributed by atoms with Crippen LogP contribution in [0.5, 0.6) is 0 Å². The minimum absolute atomic E-state index is 0.0563. The lowest BCUT2D eigenvalue weighted by Crippen LogP contribution is -2.26. The van der Waals surface area contributed by atoms with Crippen molar-refractivity contribution in [2.24, 2.45) is 0 Å². The molecule has 0 spiro atoms. The predicted octanol–water partition coefficient (Wildman–Crippen LogP) is 2.06. The van der Waals surface area contributed by atoms with E-state index in [1.165, 1.54) is 0 Å². The van der Waals surface area contributed by atoms with Crippen molar-refractivity contribution in [3.8, 4) is 6.07 Å². The number of carbonyl (C=O) groups excluding carboxylic acids is 1. The molecule has 0 saturated carbocycles. The summed E-state index contributed by atoms with van der Waals surface area (Å²) in [5.74, 6) is -1.36. The largest absolute Gasteiger partial charge is 0.481 e. The quantitative estimate of drug-likeness (QED) is 0.582. The van der Waals surface area contributed by atoms with Gasteiger partial charge < -0.3 is 14.7 Å². The lowest BCUT2D eigenvalue weighted by molar-refractivity contribution is -0.136. The van der Waals surface area contributed by atoms with Gasteiger partial charge in [-0.1, -0.05) is 13.0 Å². The van der Waals surface area contributed by atoms with Gasteiger partial charge in [0.2, 0.25) is 0 Å². The highest BCUT2D eigenvalue weighted by atomic mass is 16.5. The number of esters is 1. The van der Waals surface area contributed by atoms with E-state index in [4.69, 9.17) is 15.1 Å². The normalized spacial score (nSPS) is 9.71. The van der Waals surface area contributed by atoms with Crippen LogP contribution in [0.1, 0.15) is 30.1 Å². The van der Waals surface area contributed by atoms with Crippen LogP contribution in [0.25, 0.3) is 0 Å². The van der Waals surface area contributed by atoms with Gasteiger partial charge in [-0.25, -0.2) is 4.79 Å². The first kappa shape index (κ1) is 16.5. The molecule has 0 aliphatic heterocycles. The van der Waals surface area contributed by atoms with Crippen LogP contribution in [0.4, 0.5) is 5.69 Å². The van der Waals surface area contributed by atoms with E-state index in [2.05, 4.69) is 0 Å². The summed E-state index contributed by atoms with van der Waals surface area (Å²) in [6, 6.07) is 8.64. The number of nitrogens with zero attached hydrogens (tertiary/aromatic N) is 2. The molecular weight excluding hydrogens is 272 g/mol. The molecule has 112 valence electrons. The molecule has 0 bridgehead atoms. The van der Waals surface area contributed by atoms with Crippen molar-refractivity contribution >= 4 is 17.6 Å². The number of nitriles is 1. The van der Waals surface area contributed by atoms with Gasteiger partial charge in [0.1, 0.15) is 6.54 Å². The fraction of sp³-hybridized carbons (Fsp3) is 0.400. The van der Waals surface area contributed by atoms with E-state index in [-0.39, 0.29) is 19.5 Å². The third-order valence-corrected chi connectivity index (χ3v) is 2.74. The molecule has 21 heavy (non-hydrogen) atoms. The van der Waals surface area contributed by atoms with Crippen molar-refractivity contribution in [1.82, 2.24) is 0 Å². The van der Waals surface area contributed by atoms with Crippen molar-refractivity contribution < 1.29 is 19.4 Å². The Balaban J connectivity index is 2.86. The Kier molecular flexibility index (Phi) is 6.75. The third-order valence-electron chi connectivity index (χ3n) is 2.74. The van der Waals surface area contributed by atoms with Crippen LogP contribution in [0.3, 0.4) is 0 Å². The molecule has 0 fully saturated rings. The van der Waals surface area contributed by atoms with E-state index < -0.39 is 11.9 Å². The Morgan fingerprint density at radius 1 is 1.43 bits per heavy atom. The predicted molar refractivity (Wildman–Crippen MR) is 77.1 cm³/mol. The van der Waals surface area contributed by atoms with E-state index in [0.29, 0.717) is 17.9 Å². The Morgan fingerprint density at radius 2 is 2.19 bits per heavy atom. The highest BCUT2D eigenvalue weighted by molar-refractivity contribution is 5.90. The first-order valence-electron chi connectivity index (χ1n) is 6.69. The van der Waals surface area contributed by atoms with Gasteiger partial charge >= 0.3 is 11.9 Å². The Hall–Kier alpha value is -2.55. The van der Waals surface area contributed by atoms with Crippen molar-refractivity contribution in [1.29, 1.82) is 5.26 Å². The zero-order valence-corrected chi connectivity index (χ0v) is 11.9. The molecule has 1 aromatic carbocycles. The number of rotatable bonds is 8. The summed E-state index contributed by atoms with van der Waals surface area (Å²) in [4.78, 5) is 24.1. The number of benzene rings is 1. The number of hydrogen-bond donors (Lipinski definition) is 1. The Labute approximate surface area is 123 Å². The zero-order valence-electron chi connectivity index (χ0n) is 11.9. The second-order valence-electron chi connectivity index (χ2n) is 4.41. The summed E-state index contributed by atoms with van der Waals surface area (Å²) in [6.07, 6.45) is 0.663. The lowest BCUT2D eigenvalue weighted by atomic mass is 10.2. The third kappa shape index (κ3) is 5.53. The molecule has 0 aliphatic carbocycles. The maximum absolute atomic E-state index is 11.8. The van der Waals surface area contributed by atoms with E-state index >= 15 is 0 Å². The molecule has 0 unspecified atom stereocenters. The molecule has 6 nitrogen and oxygen atoms in total. The van der Waals surface area contributed by atoms with Gasteiger partial charge in [0, 0.05) is 12.2 Å². The average Bonchev–Trinajstić information content (AvgIpc) is 2.49.